The summed E-state index contributed by atoms with van der Waals surface area (Å²) in [5, 5.41) is 6.86. The van der Waals surface area contributed by atoms with E-state index in [1.54, 1.807) is 25.6 Å². The largest absolute Gasteiger partial charge is 0.383 e. The minimum Gasteiger partial charge on any atom is -0.383 e. The van der Waals surface area contributed by atoms with Gasteiger partial charge in [-0.15, -0.1) is 11.3 Å². The Balaban J connectivity index is 1.85. The highest BCUT2D eigenvalue weighted by molar-refractivity contribution is 7.09. The fraction of sp³-hybridized carbons (Fsp3) is 0.800. The highest BCUT2D eigenvalue weighted by Gasteiger charge is 2.21. The van der Waals surface area contributed by atoms with Gasteiger partial charge in [0.2, 0.25) is 0 Å². The number of nitrogens with zero attached hydrogens (tertiary/aromatic N) is 2. The standard InChI is InChI=1S/C15H27N3O2S/c1-12(10-20-3)18(6-7-19-2)9-14-11-21-15(17-14)8-16-13-4-5-13/h11-13,16H,4-10H2,1-3H3. The van der Waals surface area contributed by atoms with Crippen LogP contribution in [0, 0.1) is 0 Å². The van der Waals surface area contributed by atoms with E-state index in [4.69, 9.17) is 14.5 Å². The predicted octanol–water partition coefficient (Wildman–Crippen LogP) is 1.88. The Morgan fingerprint density at radius 2 is 2.24 bits per heavy atom. The number of hydrogen-bond acceptors (Lipinski definition) is 6. The average Bonchev–Trinajstić information content (AvgIpc) is 3.20. The van der Waals surface area contributed by atoms with Crippen LogP contribution in [0.5, 0.6) is 0 Å². The third-order valence-electron chi connectivity index (χ3n) is 3.70. The third-order valence-corrected chi connectivity index (χ3v) is 4.60. The first-order valence-corrected chi connectivity index (χ1v) is 8.49. The van der Waals surface area contributed by atoms with Crippen molar-refractivity contribution < 1.29 is 9.47 Å². The van der Waals surface area contributed by atoms with Crippen molar-refractivity contribution in [1.29, 1.82) is 0 Å². The number of rotatable bonds is 11. The molecule has 1 aliphatic carbocycles. The summed E-state index contributed by atoms with van der Waals surface area (Å²) in [6, 6.07) is 1.09. The maximum absolute atomic E-state index is 5.27. The van der Waals surface area contributed by atoms with Crippen LogP contribution in [-0.4, -0.2) is 55.9 Å². The van der Waals surface area contributed by atoms with E-state index in [1.165, 1.54) is 17.8 Å². The molecule has 2 rings (SSSR count). The van der Waals surface area contributed by atoms with Gasteiger partial charge in [0.15, 0.2) is 0 Å². The summed E-state index contributed by atoms with van der Waals surface area (Å²) >= 11 is 1.75. The normalized spacial score (nSPS) is 16.6. The van der Waals surface area contributed by atoms with Crippen molar-refractivity contribution in [2.45, 2.75) is 44.9 Å². The molecule has 1 fully saturated rings. The molecule has 1 N–H and O–H groups in total. The van der Waals surface area contributed by atoms with Gasteiger partial charge < -0.3 is 14.8 Å². The van der Waals surface area contributed by atoms with Crippen LogP contribution in [0.4, 0.5) is 0 Å². The lowest BCUT2D eigenvalue weighted by Gasteiger charge is -2.27. The van der Waals surface area contributed by atoms with Gasteiger partial charge in [0.05, 0.1) is 18.9 Å². The molecule has 0 spiro atoms. The molecule has 0 aromatic carbocycles. The van der Waals surface area contributed by atoms with E-state index >= 15 is 0 Å². The van der Waals surface area contributed by atoms with Crippen molar-refractivity contribution in [3.63, 3.8) is 0 Å². The highest BCUT2D eigenvalue weighted by atomic mass is 32.1. The molecule has 1 aromatic rings. The minimum absolute atomic E-state index is 0.361. The zero-order valence-corrected chi connectivity index (χ0v) is 14.1. The number of hydrogen-bond donors (Lipinski definition) is 1. The van der Waals surface area contributed by atoms with Crippen LogP contribution in [0.15, 0.2) is 5.38 Å². The van der Waals surface area contributed by atoms with Crippen molar-refractivity contribution in [2.24, 2.45) is 0 Å². The van der Waals surface area contributed by atoms with Gasteiger partial charge in [0.25, 0.3) is 0 Å². The molecule has 1 saturated carbocycles. The smallest absolute Gasteiger partial charge is 0.107 e. The second-order valence-corrected chi connectivity index (χ2v) is 6.60. The Kier molecular flexibility index (Phi) is 7.06. The summed E-state index contributed by atoms with van der Waals surface area (Å²) in [6.45, 7) is 6.29. The molecule has 1 aliphatic rings. The molecule has 0 amide bonds. The SMILES string of the molecule is COCCN(Cc1csc(CNC2CC2)n1)C(C)COC. The topological polar surface area (TPSA) is 46.6 Å². The van der Waals surface area contributed by atoms with E-state index in [9.17, 15) is 0 Å². The van der Waals surface area contributed by atoms with Crippen molar-refractivity contribution in [2.75, 3.05) is 34.0 Å². The molecule has 6 heteroatoms. The first-order valence-electron chi connectivity index (χ1n) is 7.61. The molecular weight excluding hydrogens is 286 g/mol. The zero-order valence-electron chi connectivity index (χ0n) is 13.3. The van der Waals surface area contributed by atoms with Crippen LogP contribution in [0.25, 0.3) is 0 Å². The van der Waals surface area contributed by atoms with Gasteiger partial charge in [-0.2, -0.15) is 0 Å². The van der Waals surface area contributed by atoms with Gasteiger partial charge in [0.1, 0.15) is 5.01 Å². The second-order valence-electron chi connectivity index (χ2n) is 5.66. The van der Waals surface area contributed by atoms with Gasteiger partial charge in [0, 0.05) is 51.3 Å². The van der Waals surface area contributed by atoms with E-state index < -0.39 is 0 Å². The molecule has 0 bridgehead atoms. The maximum atomic E-state index is 5.27. The Morgan fingerprint density at radius 1 is 1.43 bits per heavy atom. The van der Waals surface area contributed by atoms with Gasteiger partial charge >= 0.3 is 0 Å². The molecule has 0 saturated heterocycles. The van der Waals surface area contributed by atoms with Crippen LogP contribution >= 0.6 is 11.3 Å². The minimum atomic E-state index is 0.361. The maximum Gasteiger partial charge on any atom is 0.107 e. The quantitative estimate of drug-likeness (QED) is 0.676. The summed E-state index contributed by atoms with van der Waals surface area (Å²) in [7, 11) is 3.49. The molecule has 1 heterocycles. The van der Waals surface area contributed by atoms with Crippen molar-refractivity contribution in [3.8, 4) is 0 Å². The Morgan fingerprint density at radius 3 is 2.90 bits per heavy atom. The monoisotopic (exact) mass is 313 g/mol. The molecule has 1 unspecified atom stereocenters. The van der Waals surface area contributed by atoms with Crippen LogP contribution < -0.4 is 5.32 Å². The lowest BCUT2D eigenvalue weighted by molar-refractivity contribution is 0.0698. The summed E-state index contributed by atoms with van der Waals surface area (Å²) in [6.07, 6.45) is 2.63. The Labute approximate surface area is 131 Å². The number of ether oxygens (including phenoxy) is 2. The summed E-state index contributed by atoms with van der Waals surface area (Å²) in [5.41, 5.74) is 1.15. The van der Waals surface area contributed by atoms with Crippen molar-refractivity contribution in [1.82, 2.24) is 15.2 Å². The Hall–Kier alpha value is -0.530. The molecule has 1 aromatic heterocycles. The van der Waals surface area contributed by atoms with E-state index in [-0.39, 0.29) is 0 Å². The molecule has 5 nitrogen and oxygen atoms in total. The van der Waals surface area contributed by atoms with Crippen molar-refractivity contribution in [3.05, 3.63) is 16.1 Å². The molecule has 1 atom stereocenters. The first kappa shape index (κ1) is 16.8. The van der Waals surface area contributed by atoms with Gasteiger partial charge in [-0.3, -0.25) is 4.90 Å². The Bertz CT molecular complexity index is 409. The van der Waals surface area contributed by atoms with E-state index in [0.717, 1.165) is 44.6 Å². The fourth-order valence-corrected chi connectivity index (χ4v) is 2.98. The number of thiazole rings is 1. The van der Waals surface area contributed by atoms with Gasteiger partial charge in [-0.05, 0) is 19.8 Å². The van der Waals surface area contributed by atoms with Crippen molar-refractivity contribution >= 4 is 11.3 Å². The second kappa shape index (κ2) is 8.80. The van der Waals surface area contributed by atoms with E-state index in [1.807, 2.05) is 0 Å². The van der Waals surface area contributed by atoms with Crippen LogP contribution in [0.1, 0.15) is 30.5 Å². The average molecular weight is 313 g/mol. The van der Waals surface area contributed by atoms with Gasteiger partial charge in [-0.25, -0.2) is 4.98 Å². The van der Waals surface area contributed by atoms with Crippen LogP contribution in [0.2, 0.25) is 0 Å². The van der Waals surface area contributed by atoms with Crippen LogP contribution in [0.3, 0.4) is 0 Å². The number of nitrogens with one attached hydrogen (secondary N) is 1. The molecule has 0 radical (unpaired) electrons. The van der Waals surface area contributed by atoms with Crippen LogP contribution in [-0.2, 0) is 22.6 Å². The highest BCUT2D eigenvalue weighted by Crippen LogP contribution is 2.20. The molecule has 120 valence electrons. The van der Waals surface area contributed by atoms with E-state index in [2.05, 4.69) is 22.5 Å². The lowest BCUT2D eigenvalue weighted by atomic mass is 10.2. The molecule has 21 heavy (non-hydrogen) atoms. The fourth-order valence-electron chi connectivity index (χ4n) is 2.24. The third kappa shape index (κ3) is 6.00. The zero-order chi connectivity index (χ0) is 15.1. The van der Waals surface area contributed by atoms with Gasteiger partial charge in [-0.1, -0.05) is 0 Å². The molecular formula is C15H27N3O2S. The first-order chi connectivity index (χ1) is 10.2. The lowest BCUT2D eigenvalue weighted by Crippen LogP contribution is -2.38. The summed E-state index contributed by atoms with van der Waals surface area (Å²) in [4.78, 5) is 7.09. The summed E-state index contributed by atoms with van der Waals surface area (Å²) in [5.74, 6) is 0. The molecule has 0 aliphatic heterocycles. The predicted molar refractivity (Wildman–Crippen MR) is 85.6 cm³/mol. The number of aromatic nitrogens is 1. The number of methoxy groups -OCH3 is 2. The van der Waals surface area contributed by atoms with E-state index in [0.29, 0.717) is 6.04 Å². The summed E-state index contributed by atoms with van der Waals surface area (Å²) < 4.78 is 10.5.